The quantitative estimate of drug-likeness (QED) is 0.511. The maximum atomic E-state index is 5.29. The number of rotatable bonds is 1. The van der Waals surface area contributed by atoms with Gasteiger partial charge in [-0.25, -0.2) is 0 Å². The molecule has 0 spiro atoms. The summed E-state index contributed by atoms with van der Waals surface area (Å²) in [5.41, 5.74) is 1.37. The van der Waals surface area contributed by atoms with Crippen LogP contribution >= 0.6 is 68.0 Å². The van der Waals surface area contributed by atoms with E-state index in [0.29, 0.717) is 4.66 Å². The van der Waals surface area contributed by atoms with Gasteiger partial charge in [-0.15, -0.1) is 39.8 Å². The molecular weight excluding hydrogens is 317 g/mol. The van der Waals surface area contributed by atoms with Gasteiger partial charge in [0.25, 0.3) is 0 Å². The van der Waals surface area contributed by atoms with Crippen LogP contribution in [-0.4, -0.2) is 16.2 Å². The molecule has 12 heavy (non-hydrogen) atoms. The molecule has 0 aliphatic carbocycles. The average Bonchev–Trinajstić information content (AvgIpc) is 1.87. The molecular formula is C4H6Cl6Si2. The van der Waals surface area contributed by atoms with E-state index in [-0.39, 0.29) is 4.49 Å². The van der Waals surface area contributed by atoms with Crippen molar-refractivity contribution in [1.82, 2.24) is 0 Å². The molecule has 0 aromatic carbocycles. The van der Waals surface area contributed by atoms with E-state index in [1.165, 1.54) is 5.70 Å². The van der Waals surface area contributed by atoms with Crippen LogP contribution in [0.2, 0.25) is 0 Å². The Balaban J connectivity index is 0. The lowest BCUT2D eigenvalue weighted by atomic mass is 11.2. The van der Waals surface area contributed by atoms with Crippen molar-refractivity contribution in [2.45, 2.75) is 0 Å². The number of hydrogen-bond acceptors (Lipinski definition) is 0. The third kappa shape index (κ3) is 17.7. The summed E-state index contributed by atoms with van der Waals surface area (Å²) < 4.78 is 0.765. The maximum Gasteiger partial charge on any atom is 0.365 e. The SMILES string of the molecule is C=C[Si](Cl)(Cl)Cl.[SiH3]C(Cl)=C(Cl)Cl. The first-order chi connectivity index (χ1) is 5.20. The Morgan fingerprint density at radius 2 is 1.33 bits per heavy atom. The zero-order valence-corrected chi connectivity index (χ0v) is 13.6. The van der Waals surface area contributed by atoms with Gasteiger partial charge in [-0.2, -0.15) is 0 Å². The zero-order chi connectivity index (χ0) is 10.4. The average molecular weight is 323 g/mol. The van der Waals surface area contributed by atoms with E-state index in [9.17, 15) is 0 Å². The fraction of sp³-hybridized carbons (Fsp3) is 0. The van der Waals surface area contributed by atoms with Gasteiger partial charge in [0.15, 0.2) is 0 Å². The lowest BCUT2D eigenvalue weighted by molar-refractivity contribution is 2.25. The minimum absolute atomic E-state index is 0.198. The van der Waals surface area contributed by atoms with Crippen molar-refractivity contribution in [2.75, 3.05) is 0 Å². The number of hydrogen-bond donors (Lipinski definition) is 0. The Kier molecular flexibility index (Phi) is 10.7. The predicted molar refractivity (Wildman–Crippen MR) is 68.0 cm³/mol. The molecule has 8 heteroatoms. The van der Waals surface area contributed by atoms with Crippen LogP contribution in [0.5, 0.6) is 0 Å². The highest BCUT2D eigenvalue weighted by molar-refractivity contribution is 7.66. The van der Waals surface area contributed by atoms with E-state index in [1.54, 1.807) is 0 Å². The summed E-state index contributed by atoms with van der Waals surface area (Å²) in [6.45, 7) is 3.30. The Labute approximate surface area is 105 Å². The fourth-order valence-corrected chi connectivity index (χ4v) is 0. The number of halogens is 6. The molecule has 72 valence electrons. The molecule has 0 saturated heterocycles. The highest BCUT2D eigenvalue weighted by Gasteiger charge is 2.17. The van der Waals surface area contributed by atoms with Crippen LogP contribution in [0.4, 0.5) is 0 Å². The van der Waals surface area contributed by atoms with Gasteiger partial charge in [0, 0.05) is 4.66 Å². The highest BCUT2D eigenvalue weighted by Crippen LogP contribution is 2.19. The predicted octanol–water partition coefficient (Wildman–Crippen LogP) is 3.56. The third-order valence-electron chi connectivity index (χ3n) is 0.492. The molecule has 0 saturated carbocycles. The molecule has 0 amide bonds. The molecule has 0 aromatic heterocycles. The Bertz CT molecular complexity index is 153. The van der Waals surface area contributed by atoms with Crippen molar-refractivity contribution in [3.8, 4) is 0 Å². The zero-order valence-electron chi connectivity index (χ0n) is 6.05. The van der Waals surface area contributed by atoms with Gasteiger partial charge < -0.3 is 0 Å². The van der Waals surface area contributed by atoms with Gasteiger partial charge >= 0.3 is 6.00 Å². The highest BCUT2D eigenvalue weighted by atomic mass is 35.8. The molecule has 0 aliphatic rings. The van der Waals surface area contributed by atoms with Crippen LogP contribution in [0.3, 0.4) is 0 Å². The summed E-state index contributed by atoms with van der Waals surface area (Å²) in [5, 5.41) is 0. The summed E-state index contributed by atoms with van der Waals surface area (Å²) in [6.07, 6.45) is 0. The summed E-state index contributed by atoms with van der Waals surface area (Å²) in [7, 11) is 0.735. The van der Waals surface area contributed by atoms with Gasteiger partial charge in [-0.3, -0.25) is 0 Å². The van der Waals surface area contributed by atoms with Crippen molar-refractivity contribution in [3.63, 3.8) is 0 Å². The molecule has 0 atom stereocenters. The third-order valence-corrected chi connectivity index (χ3v) is 4.43. The second kappa shape index (κ2) is 8.00. The lowest BCUT2D eigenvalue weighted by Gasteiger charge is -1.92. The summed E-state index contributed by atoms with van der Waals surface area (Å²) >= 11 is 31.4. The Morgan fingerprint density at radius 1 is 1.17 bits per heavy atom. The van der Waals surface area contributed by atoms with Crippen molar-refractivity contribution >= 4 is 84.3 Å². The molecule has 0 aromatic rings. The standard InChI is InChI=1S/2C2H3Cl3Si/c1-2-6(3,4)5;3-1(4)2(5)6/h2H,1H2;6H3. The van der Waals surface area contributed by atoms with Crippen molar-refractivity contribution < 1.29 is 0 Å². The second-order valence-corrected chi connectivity index (χ2v) is 13.3. The molecule has 0 radical (unpaired) electrons. The van der Waals surface area contributed by atoms with Gasteiger partial charge in [0.05, 0.1) is 10.2 Å². The van der Waals surface area contributed by atoms with Gasteiger partial charge in [-0.05, 0) is 0 Å². The van der Waals surface area contributed by atoms with E-state index in [4.69, 9.17) is 68.0 Å². The van der Waals surface area contributed by atoms with Gasteiger partial charge in [-0.1, -0.05) is 40.5 Å². The minimum atomic E-state index is -2.45. The smallest absolute Gasteiger partial charge is 0.121 e. The molecule has 0 N–H and O–H groups in total. The van der Waals surface area contributed by atoms with E-state index < -0.39 is 6.00 Å². The Morgan fingerprint density at radius 3 is 1.33 bits per heavy atom. The fourth-order valence-electron chi connectivity index (χ4n) is 0. The van der Waals surface area contributed by atoms with Crippen LogP contribution in [0.15, 0.2) is 21.4 Å². The molecule has 0 aliphatic heterocycles. The summed E-state index contributed by atoms with van der Waals surface area (Å²) in [5.74, 6) is 0. The molecule has 0 fully saturated rings. The van der Waals surface area contributed by atoms with Crippen LogP contribution < -0.4 is 0 Å². The molecule has 0 nitrogen and oxygen atoms in total. The van der Waals surface area contributed by atoms with Crippen molar-refractivity contribution in [1.29, 1.82) is 0 Å². The van der Waals surface area contributed by atoms with E-state index >= 15 is 0 Å². The van der Waals surface area contributed by atoms with Crippen LogP contribution in [0.1, 0.15) is 0 Å². The Hall–Kier alpha value is 1.65. The maximum absolute atomic E-state index is 5.29. The van der Waals surface area contributed by atoms with Crippen molar-refractivity contribution in [3.05, 3.63) is 21.4 Å². The molecule has 0 bridgehead atoms. The first-order valence-electron chi connectivity index (χ1n) is 2.58. The molecule has 0 unspecified atom stereocenters. The second-order valence-electron chi connectivity index (χ2n) is 1.54. The van der Waals surface area contributed by atoms with Gasteiger partial charge in [0.2, 0.25) is 0 Å². The molecule has 0 heterocycles. The first-order valence-corrected chi connectivity index (χ1v) is 9.83. The van der Waals surface area contributed by atoms with Crippen molar-refractivity contribution in [2.24, 2.45) is 0 Å². The summed E-state index contributed by atoms with van der Waals surface area (Å²) in [6, 6.07) is -2.45. The normalized spacial score (nSPS) is 9.83. The molecule has 0 rings (SSSR count). The van der Waals surface area contributed by atoms with Gasteiger partial charge in [0.1, 0.15) is 4.49 Å². The lowest BCUT2D eigenvalue weighted by Crippen LogP contribution is -2.01. The van der Waals surface area contributed by atoms with Crippen LogP contribution in [-0.2, 0) is 0 Å². The monoisotopic (exact) mass is 320 g/mol. The largest absolute Gasteiger partial charge is 0.365 e. The topological polar surface area (TPSA) is 0 Å². The van der Waals surface area contributed by atoms with E-state index in [0.717, 1.165) is 10.2 Å². The summed E-state index contributed by atoms with van der Waals surface area (Å²) in [4.78, 5) is 0. The van der Waals surface area contributed by atoms with Crippen LogP contribution in [0.25, 0.3) is 0 Å². The van der Waals surface area contributed by atoms with E-state index in [2.05, 4.69) is 6.58 Å². The first kappa shape index (κ1) is 16.1. The van der Waals surface area contributed by atoms with Crippen LogP contribution in [0, 0.1) is 0 Å². The minimum Gasteiger partial charge on any atom is -0.121 e. The van der Waals surface area contributed by atoms with E-state index in [1.807, 2.05) is 0 Å².